The average molecular weight is 156 g/mol. The molecule has 1 aliphatic rings. The van der Waals surface area contributed by atoms with E-state index in [0.717, 1.165) is 6.42 Å². The molecule has 11 heavy (non-hydrogen) atoms. The lowest BCUT2D eigenvalue weighted by molar-refractivity contribution is -0.143. The maximum Gasteiger partial charge on any atom is 0.307 e. The van der Waals surface area contributed by atoms with Gasteiger partial charge in [0.1, 0.15) is 5.78 Å². The number of carbonyl (C=O) groups excluding carboxylic acids is 1. The van der Waals surface area contributed by atoms with Crippen LogP contribution in [0.25, 0.3) is 0 Å². The van der Waals surface area contributed by atoms with Crippen LogP contribution in [0.1, 0.15) is 26.2 Å². The lowest BCUT2D eigenvalue weighted by Gasteiger charge is -2.10. The smallest absolute Gasteiger partial charge is 0.307 e. The molecule has 3 heteroatoms. The van der Waals surface area contributed by atoms with Gasteiger partial charge in [-0.25, -0.2) is 0 Å². The number of ketones is 1. The Morgan fingerprint density at radius 1 is 1.64 bits per heavy atom. The molecule has 0 aliphatic heterocycles. The predicted molar refractivity (Wildman–Crippen MR) is 39.1 cm³/mol. The number of aliphatic carboxylic acids is 1. The molecule has 0 aromatic carbocycles. The highest BCUT2D eigenvalue weighted by molar-refractivity contribution is 5.87. The standard InChI is InChI=1S/C8H12O3/c1-2-5-3-6(9)4-7(5)8(10)11/h5,7H,2-4H2,1H3,(H,10,11)/t5-,7+/m1/s1. The minimum atomic E-state index is -0.817. The fourth-order valence-corrected chi connectivity index (χ4v) is 1.65. The second kappa shape index (κ2) is 3.03. The average Bonchev–Trinajstić information content (AvgIpc) is 2.30. The molecule has 0 radical (unpaired) electrons. The largest absolute Gasteiger partial charge is 0.481 e. The fraction of sp³-hybridized carbons (Fsp3) is 0.750. The van der Waals surface area contributed by atoms with Crippen molar-refractivity contribution in [2.24, 2.45) is 11.8 Å². The minimum Gasteiger partial charge on any atom is -0.481 e. The van der Waals surface area contributed by atoms with Crippen LogP contribution in [0.5, 0.6) is 0 Å². The van der Waals surface area contributed by atoms with Crippen molar-refractivity contribution in [3.63, 3.8) is 0 Å². The summed E-state index contributed by atoms with van der Waals surface area (Å²) in [7, 11) is 0. The van der Waals surface area contributed by atoms with E-state index in [1.165, 1.54) is 0 Å². The van der Waals surface area contributed by atoms with E-state index in [9.17, 15) is 9.59 Å². The Hall–Kier alpha value is -0.860. The topological polar surface area (TPSA) is 54.4 Å². The van der Waals surface area contributed by atoms with Crippen molar-refractivity contribution in [2.75, 3.05) is 0 Å². The molecule has 3 nitrogen and oxygen atoms in total. The summed E-state index contributed by atoms with van der Waals surface area (Å²) in [6.07, 6.45) is 1.50. The number of rotatable bonds is 2. The molecule has 1 saturated carbocycles. The van der Waals surface area contributed by atoms with Gasteiger partial charge in [0.05, 0.1) is 5.92 Å². The Balaban J connectivity index is 2.64. The van der Waals surface area contributed by atoms with Gasteiger partial charge in [-0.1, -0.05) is 13.3 Å². The van der Waals surface area contributed by atoms with E-state index in [0.29, 0.717) is 6.42 Å². The summed E-state index contributed by atoms with van der Waals surface area (Å²) in [6, 6.07) is 0. The van der Waals surface area contributed by atoms with Crippen LogP contribution in [0, 0.1) is 11.8 Å². The Labute approximate surface area is 65.4 Å². The van der Waals surface area contributed by atoms with Gasteiger partial charge in [0, 0.05) is 12.8 Å². The van der Waals surface area contributed by atoms with Crippen LogP contribution >= 0.6 is 0 Å². The number of hydrogen-bond donors (Lipinski definition) is 1. The van der Waals surface area contributed by atoms with E-state index < -0.39 is 11.9 Å². The molecule has 0 saturated heterocycles. The first-order chi connectivity index (χ1) is 5.15. The van der Waals surface area contributed by atoms with E-state index in [-0.39, 0.29) is 18.1 Å². The van der Waals surface area contributed by atoms with E-state index in [1.807, 2.05) is 6.92 Å². The Bertz CT molecular complexity index is 186. The van der Waals surface area contributed by atoms with E-state index >= 15 is 0 Å². The van der Waals surface area contributed by atoms with Gasteiger partial charge in [-0.3, -0.25) is 9.59 Å². The number of hydrogen-bond acceptors (Lipinski definition) is 2. The summed E-state index contributed by atoms with van der Waals surface area (Å²) in [5.41, 5.74) is 0. The number of carboxylic acids is 1. The second-order valence-corrected chi connectivity index (χ2v) is 3.06. The molecule has 0 aromatic rings. The van der Waals surface area contributed by atoms with Gasteiger partial charge >= 0.3 is 5.97 Å². The highest BCUT2D eigenvalue weighted by Crippen LogP contribution is 2.31. The summed E-state index contributed by atoms with van der Waals surface area (Å²) in [5, 5.41) is 8.68. The van der Waals surface area contributed by atoms with Crippen LogP contribution in [0.15, 0.2) is 0 Å². The van der Waals surface area contributed by atoms with Gasteiger partial charge in [-0.05, 0) is 5.92 Å². The normalized spacial score (nSPS) is 30.8. The first kappa shape index (κ1) is 8.24. The molecule has 0 spiro atoms. The van der Waals surface area contributed by atoms with E-state index in [2.05, 4.69) is 0 Å². The molecule has 0 amide bonds. The molecule has 62 valence electrons. The van der Waals surface area contributed by atoms with Crippen LogP contribution in [0.4, 0.5) is 0 Å². The maximum atomic E-state index is 10.9. The molecular weight excluding hydrogens is 144 g/mol. The van der Waals surface area contributed by atoms with Gasteiger partial charge < -0.3 is 5.11 Å². The molecule has 1 aliphatic carbocycles. The summed E-state index contributed by atoms with van der Waals surface area (Å²) in [5.74, 6) is -1.04. The molecule has 0 bridgehead atoms. The van der Waals surface area contributed by atoms with Gasteiger partial charge in [0.2, 0.25) is 0 Å². The van der Waals surface area contributed by atoms with Gasteiger partial charge in [-0.15, -0.1) is 0 Å². The first-order valence-corrected chi connectivity index (χ1v) is 3.89. The second-order valence-electron chi connectivity index (χ2n) is 3.06. The zero-order chi connectivity index (χ0) is 8.43. The predicted octanol–water partition coefficient (Wildman–Crippen LogP) is 1.08. The Morgan fingerprint density at radius 2 is 2.27 bits per heavy atom. The first-order valence-electron chi connectivity index (χ1n) is 3.89. The van der Waals surface area contributed by atoms with Crippen molar-refractivity contribution in [1.29, 1.82) is 0 Å². The zero-order valence-electron chi connectivity index (χ0n) is 6.54. The molecular formula is C8H12O3. The fourth-order valence-electron chi connectivity index (χ4n) is 1.65. The SMILES string of the molecule is CC[C@@H]1CC(=O)C[C@@H]1C(=O)O. The summed E-state index contributed by atoms with van der Waals surface area (Å²) in [6.45, 7) is 1.93. The number of carboxylic acid groups (broad SMARTS) is 1. The van der Waals surface area contributed by atoms with Gasteiger partial charge in [0.25, 0.3) is 0 Å². The summed E-state index contributed by atoms with van der Waals surface area (Å²) >= 11 is 0. The minimum absolute atomic E-state index is 0.0833. The van der Waals surface area contributed by atoms with Crippen LogP contribution in [0.2, 0.25) is 0 Å². The Kier molecular flexibility index (Phi) is 2.27. The molecule has 1 fully saturated rings. The lowest BCUT2D eigenvalue weighted by Crippen LogP contribution is -2.17. The third-order valence-electron chi connectivity index (χ3n) is 2.35. The molecule has 0 aromatic heterocycles. The van der Waals surface area contributed by atoms with Crippen molar-refractivity contribution < 1.29 is 14.7 Å². The van der Waals surface area contributed by atoms with Crippen LogP contribution in [-0.2, 0) is 9.59 Å². The zero-order valence-corrected chi connectivity index (χ0v) is 6.54. The van der Waals surface area contributed by atoms with Crippen molar-refractivity contribution in [1.82, 2.24) is 0 Å². The molecule has 0 heterocycles. The van der Waals surface area contributed by atoms with Crippen molar-refractivity contribution in [3.05, 3.63) is 0 Å². The van der Waals surface area contributed by atoms with Crippen molar-refractivity contribution >= 4 is 11.8 Å². The van der Waals surface area contributed by atoms with Crippen LogP contribution in [-0.4, -0.2) is 16.9 Å². The van der Waals surface area contributed by atoms with Crippen LogP contribution < -0.4 is 0 Å². The van der Waals surface area contributed by atoms with E-state index in [4.69, 9.17) is 5.11 Å². The molecule has 2 atom stereocenters. The molecule has 1 N–H and O–H groups in total. The quantitative estimate of drug-likeness (QED) is 0.650. The Morgan fingerprint density at radius 3 is 2.64 bits per heavy atom. The van der Waals surface area contributed by atoms with E-state index in [1.54, 1.807) is 0 Å². The highest BCUT2D eigenvalue weighted by atomic mass is 16.4. The van der Waals surface area contributed by atoms with Gasteiger partial charge in [-0.2, -0.15) is 0 Å². The number of carbonyl (C=O) groups is 2. The monoisotopic (exact) mass is 156 g/mol. The maximum absolute atomic E-state index is 10.9. The number of Topliss-reactive ketones (excluding diaryl/α,β-unsaturated/α-hetero) is 1. The van der Waals surface area contributed by atoms with Crippen molar-refractivity contribution in [3.8, 4) is 0 Å². The van der Waals surface area contributed by atoms with Gasteiger partial charge in [0.15, 0.2) is 0 Å². The summed E-state index contributed by atoms with van der Waals surface area (Å²) in [4.78, 5) is 21.4. The highest BCUT2D eigenvalue weighted by Gasteiger charge is 2.36. The molecule has 0 unspecified atom stereocenters. The van der Waals surface area contributed by atoms with Crippen molar-refractivity contribution in [2.45, 2.75) is 26.2 Å². The lowest BCUT2D eigenvalue weighted by atomic mass is 9.94. The summed E-state index contributed by atoms with van der Waals surface area (Å²) < 4.78 is 0. The molecule has 1 rings (SSSR count). The third-order valence-corrected chi connectivity index (χ3v) is 2.35. The third kappa shape index (κ3) is 1.59. The van der Waals surface area contributed by atoms with Crippen LogP contribution in [0.3, 0.4) is 0 Å².